The van der Waals surface area contributed by atoms with Gasteiger partial charge in [-0.05, 0) is 29.7 Å². The lowest BCUT2D eigenvalue weighted by atomic mass is 10.1. The van der Waals surface area contributed by atoms with Crippen LogP contribution in [0.4, 0.5) is 4.79 Å². The number of hydrogen-bond donors (Lipinski definition) is 1. The van der Waals surface area contributed by atoms with E-state index >= 15 is 0 Å². The number of ether oxygens (including phenoxy) is 1. The van der Waals surface area contributed by atoms with E-state index < -0.39 is 0 Å². The molecule has 1 aromatic heterocycles. The van der Waals surface area contributed by atoms with Crippen LogP contribution in [0.15, 0.2) is 83.5 Å². The molecule has 0 radical (unpaired) electrons. The first-order valence-corrected chi connectivity index (χ1v) is 12.9. The van der Waals surface area contributed by atoms with Crippen molar-refractivity contribution in [1.29, 1.82) is 0 Å². The lowest BCUT2D eigenvalue weighted by Crippen LogP contribution is -2.50. The highest BCUT2D eigenvalue weighted by Gasteiger charge is 2.23. The molecule has 1 N–H and O–H groups in total. The third kappa shape index (κ3) is 8.77. The highest BCUT2D eigenvalue weighted by molar-refractivity contribution is 5.84. The molecule has 37 heavy (non-hydrogen) atoms. The normalized spacial score (nSPS) is 13.7. The van der Waals surface area contributed by atoms with Gasteiger partial charge in [-0.3, -0.25) is 9.69 Å². The molecule has 1 fully saturated rings. The molecule has 8 nitrogen and oxygen atoms in total. The maximum absolute atomic E-state index is 13.6. The zero-order valence-electron chi connectivity index (χ0n) is 21.3. The van der Waals surface area contributed by atoms with Crippen LogP contribution >= 0.6 is 0 Å². The van der Waals surface area contributed by atoms with Crippen LogP contribution in [-0.4, -0.2) is 79.1 Å². The summed E-state index contributed by atoms with van der Waals surface area (Å²) in [6, 6.07) is 23.3. The summed E-state index contributed by atoms with van der Waals surface area (Å²) in [5.41, 5.74) is 2.17. The van der Waals surface area contributed by atoms with Crippen molar-refractivity contribution in [3.8, 4) is 0 Å². The Hall–Kier alpha value is -3.62. The van der Waals surface area contributed by atoms with Gasteiger partial charge in [0.1, 0.15) is 12.3 Å². The monoisotopic (exact) mass is 504 g/mol. The van der Waals surface area contributed by atoms with E-state index in [4.69, 9.17) is 9.15 Å². The first-order valence-electron chi connectivity index (χ1n) is 12.9. The lowest BCUT2D eigenvalue weighted by molar-refractivity contribution is -0.132. The van der Waals surface area contributed by atoms with E-state index in [2.05, 4.69) is 22.3 Å². The van der Waals surface area contributed by atoms with Crippen LogP contribution in [0, 0.1) is 0 Å². The summed E-state index contributed by atoms with van der Waals surface area (Å²) in [7, 11) is 0. The van der Waals surface area contributed by atoms with E-state index in [0.717, 1.165) is 36.4 Å². The second-order valence-corrected chi connectivity index (χ2v) is 9.15. The second-order valence-electron chi connectivity index (χ2n) is 9.15. The van der Waals surface area contributed by atoms with Crippen molar-refractivity contribution in [2.24, 2.45) is 0 Å². The van der Waals surface area contributed by atoms with Crippen molar-refractivity contribution < 1.29 is 18.7 Å². The van der Waals surface area contributed by atoms with Crippen molar-refractivity contribution in [2.75, 3.05) is 52.5 Å². The Bertz CT molecular complexity index is 1070. The Morgan fingerprint density at radius 3 is 2.22 bits per heavy atom. The maximum Gasteiger partial charge on any atom is 0.318 e. The summed E-state index contributed by atoms with van der Waals surface area (Å²) in [5, 5.41) is 2.99. The average Bonchev–Trinajstić information content (AvgIpc) is 3.47. The highest BCUT2D eigenvalue weighted by atomic mass is 16.5. The zero-order chi connectivity index (χ0) is 25.7. The number of carbonyl (C=O) groups excluding carboxylic acids is 2. The topological polar surface area (TPSA) is 78.3 Å². The number of carbonyl (C=O) groups is 2. The number of morpholine rings is 1. The van der Waals surface area contributed by atoms with Crippen LogP contribution in [0.2, 0.25) is 0 Å². The van der Waals surface area contributed by atoms with Crippen molar-refractivity contribution in [1.82, 2.24) is 20.0 Å². The molecule has 1 aliphatic rings. The number of amides is 3. The molecular weight excluding hydrogens is 468 g/mol. The summed E-state index contributed by atoms with van der Waals surface area (Å²) in [5.74, 6) is 0.610. The van der Waals surface area contributed by atoms with Crippen molar-refractivity contribution in [3.05, 3.63) is 95.9 Å². The van der Waals surface area contributed by atoms with Gasteiger partial charge in [-0.2, -0.15) is 0 Å². The zero-order valence-corrected chi connectivity index (χ0v) is 21.3. The molecule has 2 heterocycles. The van der Waals surface area contributed by atoms with Gasteiger partial charge in [0.25, 0.3) is 0 Å². The maximum atomic E-state index is 13.6. The van der Waals surface area contributed by atoms with E-state index in [1.807, 2.05) is 60.7 Å². The second kappa shape index (κ2) is 14.2. The van der Waals surface area contributed by atoms with Gasteiger partial charge >= 0.3 is 6.03 Å². The van der Waals surface area contributed by atoms with Crippen molar-refractivity contribution >= 4 is 11.9 Å². The Morgan fingerprint density at radius 1 is 0.838 bits per heavy atom. The SMILES string of the molecule is O=C(CN(CCN1CCOCC1)C(=O)NCc1ccccc1)N(CCc1ccccc1)Cc1ccco1. The number of furan rings is 1. The van der Waals surface area contributed by atoms with E-state index in [9.17, 15) is 9.59 Å². The molecule has 196 valence electrons. The molecule has 0 aliphatic carbocycles. The number of urea groups is 1. The number of nitrogens with one attached hydrogen (secondary N) is 1. The minimum absolute atomic E-state index is 0.000458. The van der Waals surface area contributed by atoms with Gasteiger partial charge < -0.3 is 24.3 Å². The van der Waals surface area contributed by atoms with Crippen LogP contribution in [0.3, 0.4) is 0 Å². The fourth-order valence-electron chi connectivity index (χ4n) is 4.28. The Labute approximate surface area is 218 Å². The Balaban J connectivity index is 1.41. The van der Waals surface area contributed by atoms with Crippen molar-refractivity contribution in [2.45, 2.75) is 19.5 Å². The minimum atomic E-state index is -0.244. The van der Waals surface area contributed by atoms with Crippen molar-refractivity contribution in [3.63, 3.8) is 0 Å². The summed E-state index contributed by atoms with van der Waals surface area (Å²) in [4.78, 5) is 32.5. The quantitative estimate of drug-likeness (QED) is 0.409. The van der Waals surface area contributed by atoms with Crippen LogP contribution in [-0.2, 0) is 29.0 Å². The van der Waals surface area contributed by atoms with Gasteiger partial charge in [0, 0.05) is 39.3 Å². The first kappa shape index (κ1) is 26.4. The van der Waals surface area contributed by atoms with Gasteiger partial charge in [0.05, 0.1) is 26.0 Å². The molecule has 1 saturated heterocycles. The standard InChI is InChI=1S/C29H36N4O4/c34-28(32(23-27-12-7-19-37-27)14-13-25-8-3-1-4-9-25)24-33(16-15-31-17-20-36-21-18-31)29(35)30-22-26-10-5-2-6-11-26/h1-12,19H,13-18,20-24H2,(H,30,35). The molecule has 3 aromatic rings. The minimum Gasteiger partial charge on any atom is -0.467 e. The summed E-state index contributed by atoms with van der Waals surface area (Å²) in [6.45, 7) is 5.49. The fourth-order valence-corrected chi connectivity index (χ4v) is 4.28. The molecule has 0 atom stereocenters. The predicted molar refractivity (Wildman–Crippen MR) is 142 cm³/mol. The predicted octanol–water partition coefficient (Wildman–Crippen LogP) is 3.39. The van der Waals surface area contributed by atoms with Gasteiger partial charge in [-0.15, -0.1) is 0 Å². The van der Waals surface area contributed by atoms with Crippen LogP contribution in [0.1, 0.15) is 16.9 Å². The third-order valence-corrected chi connectivity index (χ3v) is 6.48. The lowest BCUT2D eigenvalue weighted by Gasteiger charge is -2.31. The molecule has 2 aromatic carbocycles. The molecule has 1 aliphatic heterocycles. The number of rotatable bonds is 12. The van der Waals surface area contributed by atoms with E-state index in [1.54, 1.807) is 16.1 Å². The summed E-state index contributed by atoms with van der Waals surface area (Å²) >= 11 is 0. The van der Waals surface area contributed by atoms with Crippen LogP contribution in [0.25, 0.3) is 0 Å². The average molecular weight is 505 g/mol. The Kier molecular flexibility index (Phi) is 10.2. The van der Waals surface area contributed by atoms with Gasteiger partial charge in [-0.1, -0.05) is 60.7 Å². The van der Waals surface area contributed by atoms with Crippen LogP contribution < -0.4 is 5.32 Å². The largest absolute Gasteiger partial charge is 0.467 e. The van der Waals surface area contributed by atoms with E-state index in [-0.39, 0.29) is 18.5 Å². The molecule has 4 rings (SSSR count). The van der Waals surface area contributed by atoms with E-state index in [1.165, 1.54) is 0 Å². The van der Waals surface area contributed by atoms with E-state index in [0.29, 0.717) is 45.9 Å². The highest BCUT2D eigenvalue weighted by Crippen LogP contribution is 2.10. The number of nitrogens with zero attached hydrogens (tertiary/aromatic N) is 3. The molecule has 0 bridgehead atoms. The Morgan fingerprint density at radius 2 is 1.54 bits per heavy atom. The first-order chi connectivity index (χ1) is 18.2. The third-order valence-electron chi connectivity index (χ3n) is 6.48. The summed E-state index contributed by atoms with van der Waals surface area (Å²) in [6.07, 6.45) is 2.34. The van der Waals surface area contributed by atoms with Crippen LogP contribution in [0.5, 0.6) is 0 Å². The molecule has 0 saturated carbocycles. The molecule has 3 amide bonds. The molecule has 0 spiro atoms. The van der Waals surface area contributed by atoms with Gasteiger partial charge in [0.15, 0.2) is 0 Å². The molecule has 0 unspecified atom stereocenters. The smallest absolute Gasteiger partial charge is 0.318 e. The number of hydrogen-bond acceptors (Lipinski definition) is 5. The summed E-state index contributed by atoms with van der Waals surface area (Å²) < 4.78 is 11.0. The fraction of sp³-hybridized carbons (Fsp3) is 0.379. The van der Waals surface area contributed by atoms with Gasteiger partial charge in [-0.25, -0.2) is 4.79 Å². The number of benzene rings is 2. The molecule has 8 heteroatoms. The van der Waals surface area contributed by atoms with Gasteiger partial charge in [0.2, 0.25) is 5.91 Å². The molecular formula is C29H36N4O4.